The average molecular weight is 301 g/mol. The van der Waals surface area contributed by atoms with Crippen molar-refractivity contribution in [3.63, 3.8) is 0 Å². The molecule has 1 aromatic heterocycles. The minimum Gasteiger partial charge on any atom is -0.359 e. The van der Waals surface area contributed by atoms with Crippen LogP contribution in [0.25, 0.3) is 0 Å². The second-order valence-corrected chi connectivity index (χ2v) is 5.53. The molecule has 0 fully saturated rings. The molecule has 1 amide bonds. The van der Waals surface area contributed by atoms with Crippen LogP contribution in [0.3, 0.4) is 0 Å². The maximum atomic E-state index is 12.5. The van der Waals surface area contributed by atoms with Gasteiger partial charge in [-0.1, -0.05) is 5.16 Å². The highest BCUT2D eigenvalue weighted by molar-refractivity contribution is 6.05. The molecule has 0 aliphatic carbocycles. The number of rotatable bonds is 3. The predicted molar refractivity (Wildman–Crippen MR) is 78.7 cm³/mol. The molecule has 1 atom stereocenters. The lowest BCUT2D eigenvalue weighted by molar-refractivity contribution is -0.384. The summed E-state index contributed by atoms with van der Waals surface area (Å²) in [6, 6.07) is 4.71. The number of amides is 1. The lowest BCUT2D eigenvalue weighted by Crippen LogP contribution is -2.27. The molecule has 7 nitrogen and oxygen atoms in total. The van der Waals surface area contributed by atoms with Crippen molar-refractivity contribution in [2.24, 2.45) is 0 Å². The number of nitrogens with zero attached hydrogens (tertiary/aromatic N) is 3. The van der Waals surface area contributed by atoms with Crippen molar-refractivity contribution in [3.05, 3.63) is 50.9 Å². The smallest absolute Gasteiger partial charge is 0.271 e. The molecule has 2 heterocycles. The maximum Gasteiger partial charge on any atom is 0.271 e. The Morgan fingerprint density at radius 2 is 2.09 bits per heavy atom. The van der Waals surface area contributed by atoms with Crippen LogP contribution >= 0.6 is 0 Å². The van der Waals surface area contributed by atoms with Crippen molar-refractivity contribution in [2.75, 3.05) is 4.90 Å². The van der Waals surface area contributed by atoms with Crippen LogP contribution in [0, 0.1) is 24.0 Å². The van der Waals surface area contributed by atoms with Gasteiger partial charge in [0.15, 0.2) is 5.76 Å². The molecule has 22 heavy (non-hydrogen) atoms. The van der Waals surface area contributed by atoms with Crippen LogP contribution in [0.4, 0.5) is 11.4 Å². The number of carbonyl (C=O) groups excluding carboxylic acids is 1. The summed E-state index contributed by atoms with van der Waals surface area (Å²) in [4.78, 5) is 24.6. The van der Waals surface area contributed by atoms with E-state index in [1.54, 1.807) is 19.9 Å². The van der Waals surface area contributed by atoms with Crippen LogP contribution in [-0.2, 0) is 11.3 Å². The van der Waals surface area contributed by atoms with Gasteiger partial charge in [0.05, 0.1) is 28.8 Å². The molecule has 7 heteroatoms. The summed E-state index contributed by atoms with van der Waals surface area (Å²) in [6.45, 7) is 5.62. The van der Waals surface area contributed by atoms with Crippen molar-refractivity contribution >= 4 is 17.3 Å². The van der Waals surface area contributed by atoms with Gasteiger partial charge >= 0.3 is 0 Å². The first-order valence-electron chi connectivity index (χ1n) is 6.91. The second-order valence-electron chi connectivity index (χ2n) is 5.53. The minimum atomic E-state index is -0.447. The third kappa shape index (κ3) is 2.14. The van der Waals surface area contributed by atoms with E-state index < -0.39 is 4.92 Å². The van der Waals surface area contributed by atoms with Gasteiger partial charge in [-0.2, -0.15) is 0 Å². The van der Waals surface area contributed by atoms with E-state index in [9.17, 15) is 14.9 Å². The molecular formula is C15H15N3O4. The van der Waals surface area contributed by atoms with Gasteiger partial charge in [0.1, 0.15) is 0 Å². The fourth-order valence-electron chi connectivity index (χ4n) is 2.94. The fourth-order valence-corrected chi connectivity index (χ4v) is 2.94. The van der Waals surface area contributed by atoms with Crippen LogP contribution < -0.4 is 4.90 Å². The molecule has 0 saturated carbocycles. The number of carbonyl (C=O) groups is 1. The number of aromatic nitrogens is 1. The number of anilines is 1. The Hall–Kier alpha value is -2.70. The summed E-state index contributed by atoms with van der Waals surface area (Å²) in [5.74, 6) is 0.141. The van der Waals surface area contributed by atoms with E-state index in [0.29, 0.717) is 11.4 Å². The molecule has 0 spiro atoms. The van der Waals surface area contributed by atoms with Crippen LogP contribution in [0.2, 0.25) is 0 Å². The number of nitro benzene ring substituents is 1. The van der Waals surface area contributed by atoms with Crippen LogP contribution in [0.1, 0.15) is 35.4 Å². The molecule has 3 rings (SSSR count). The highest BCUT2D eigenvalue weighted by Gasteiger charge is 2.37. The molecule has 1 aliphatic rings. The number of hydrogen-bond acceptors (Lipinski definition) is 5. The monoisotopic (exact) mass is 301 g/mol. The van der Waals surface area contributed by atoms with Crippen molar-refractivity contribution < 1.29 is 14.2 Å². The van der Waals surface area contributed by atoms with E-state index in [2.05, 4.69) is 5.16 Å². The van der Waals surface area contributed by atoms with Crippen LogP contribution in [0.5, 0.6) is 0 Å². The van der Waals surface area contributed by atoms with Gasteiger partial charge in [0, 0.05) is 18.2 Å². The molecule has 1 aliphatic heterocycles. The fraction of sp³-hybridized carbons (Fsp3) is 0.333. The normalized spacial score (nSPS) is 17.0. The zero-order valence-electron chi connectivity index (χ0n) is 12.5. The zero-order chi connectivity index (χ0) is 16.0. The summed E-state index contributed by atoms with van der Waals surface area (Å²) in [6.07, 6.45) is 0. The Balaban J connectivity index is 2.07. The quantitative estimate of drug-likeness (QED) is 0.642. The van der Waals surface area contributed by atoms with Crippen molar-refractivity contribution in [3.8, 4) is 0 Å². The lowest BCUT2D eigenvalue weighted by Gasteiger charge is -2.15. The summed E-state index contributed by atoms with van der Waals surface area (Å²) >= 11 is 0. The highest BCUT2D eigenvalue weighted by atomic mass is 16.6. The zero-order valence-corrected chi connectivity index (χ0v) is 12.5. The molecule has 0 radical (unpaired) electrons. The van der Waals surface area contributed by atoms with Crippen LogP contribution in [0.15, 0.2) is 22.7 Å². The molecule has 0 N–H and O–H groups in total. The third-order valence-electron chi connectivity index (χ3n) is 3.91. The number of benzene rings is 1. The first kappa shape index (κ1) is 14.2. The number of non-ortho nitro benzene ring substituents is 1. The minimum absolute atomic E-state index is 0.0168. The maximum absolute atomic E-state index is 12.5. The van der Waals surface area contributed by atoms with Gasteiger partial charge in [0.2, 0.25) is 5.91 Å². The van der Waals surface area contributed by atoms with Crippen molar-refractivity contribution in [1.82, 2.24) is 5.16 Å². The molecular weight excluding hydrogens is 286 g/mol. The topological polar surface area (TPSA) is 89.5 Å². The Morgan fingerprint density at radius 1 is 1.36 bits per heavy atom. The van der Waals surface area contributed by atoms with E-state index in [0.717, 1.165) is 16.8 Å². The van der Waals surface area contributed by atoms with Gasteiger partial charge in [-0.25, -0.2) is 0 Å². The lowest BCUT2D eigenvalue weighted by atomic mass is 9.97. The van der Waals surface area contributed by atoms with E-state index in [1.807, 2.05) is 6.92 Å². The molecule has 1 aromatic carbocycles. The first-order valence-corrected chi connectivity index (χ1v) is 6.91. The largest absolute Gasteiger partial charge is 0.359 e. The third-order valence-corrected chi connectivity index (χ3v) is 3.91. The second kappa shape index (κ2) is 4.94. The SMILES string of the molecule is Cc1cc(CN2C(=O)C(C)c3c(C)cc([N+](=O)[O-])cc32)on1. The molecule has 114 valence electrons. The van der Waals surface area contributed by atoms with Crippen molar-refractivity contribution in [1.29, 1.82) is 0 Å². The van der Waals surface area contributed by atoms with Gasteiger partial charge in [0.25, 0.3) is 5.69 Å². The molecule has 0 bridgehead atoms. The first-order chi connectivity index (χ1) is 10.4. The van der Waals surface area contributed by atoms with Gasteiger partial charge in [-0.3, -0.25) is 14.9 Å². The van der Waals surface area contributed by atoms with E-state index in [1.165, 1.54) is 17.0 Å². The standard InChI is InChI=1S/C15H15N3O4/c1-8-4-11(18(20)21)6-13-14(8)10(3)15(19)17(13)7-12-5-9(2)16-22-12/h4-6,10H,7H2,1-3H3. The number of nitro groups is 1. The van der Waals surface area contributed by atoms with E-state index >= 15 is 0 Å². The van der Waals surface area contributed by atoms with Crippen LogP contribution in [-0.4, -0.2) is 16.0 Å². The number of aryl methyl sites for hydroxylation is 2. The summed E-state index contributed by atoms with van der Waals surface area (Å²) < 4.78 is 5.15. The Kier molecular flexibility index (Phi) is 3.20. The Bertz CT molecular complexity index is 781. The summed E-state index contributed by atoms with van der Waals surface area (Å²) in [5.41, 5.74) is 2.88. The average Bonchev–Trinajstić information content (AvgIpc) is 2.96. The van der Waals surface area contributed by atoms with Gasteiger partial charge in [-0.05, 0) is 31.9 Å². The van der Waals surface area contributed by atoms with Gasteiger partial charge in [-0.15, -0.1) is 0 Å². The Morgan fingerprint density at radius 3 is 2.68 bits per heavy atom. The highest BCUT2D eigenvalue weighted by Crippen LogP contribution is 2.42. The van der Waals surface area contributed by atoms with E-state index in [4.69, 9.17) is 4.52 Å². The van der Waals surface area contributed by atoms with Gasteiger partial charge < -0.3 is 9.42 Å². The Labute approximate surface area is 126 Å². The number of hydrogen-bond donors (Lipinski definition) is 0. The molecule has 2 aromatic rings. The predicted octanol–water partition coefficient (Wildman–Crippen LogP) is 2.85. The molecule has 1 unspecified atom stereocenters. The summed E-state index contributed by atoms with van der Waals surface area (Å²) in [5, 5.41) is 14.9. The molecule has 0 saturated heterocycles. The van der Waals surface area contributed by atoms with E-state index in [-0.39, 0.29) is 24.1 Å². The number of fused-ring (bicyclic) bond motifs is 1. The van der Waals surface area contributed by atoms with Crippen molar-refractivity contribution in [2.45, 2.75) is 33.2 Å². The summed E-state index contributed by atoms with van der Waals surface area (Å²) in [7, 11) is 0.